The van der Waals surface area contributed by atoms with Gasteiger partial charge in [-0.15, -0.1) is 0 Å². The van der Waals surface area contributed by atoms with Gasteiger partial charge in [0.05, 0.1) is 18.0 Å². The zero-order valence-electron chi connectivity index (χ0n) is 10.1. The summed E-state index contributed by atoms with van der Waals surface area (Å²) in [4.78, 5) is 7.32. The van der Waals surface area contributed by atoms with E-state index in [1.54, 1.807) is 0 Å². The van der Waals surface area contributed by atoms with E-state index in [9.17, 15) is 8.42 Å². The van der Waals surface area contributed by atoms with Crippen molar-refractivity contribution in [3.63, 3.8) is 0 Å². The predicted molar refractivity (Wildman–Crippen MR) is 65.2 cm³/mol. The summed E-state index contributed by atoms with van der Waals surface area (Å²) in [6.45, 7) is 2.80. The third-order valence-corrected chi connectivity index (χ3v) is 4.25. The summed E-state index contributed by atoms with van der Waals surface area (Å²) in [5.41, 5.74) is 4.88. The zero-order valence-corrected chi connectivity index (χ0v) is 10.9. The van der Waals surface area contributed by atoms with Crippen LogP contribution >= 0.6 is 0 Å². The largest absolute Gasteiger partial charge is 0.374 e. The van der Waals surface area contributed by atoms with Gasteiger partial charge in [0.1, 0.15) is 4.90 Å². The number of nitrogens with two attached hydrogens (primary N) is 1. The Balaban J connectivity index is 2.05. The van der Waals surface area contributed by atoms with Crippen LogP contribution in [0.2, 0.25) is 0 Å². The number of nitrogens with zero attached hydrogens (tertiary/aromatic N) is 2. The number of nitrogens with one attached hydrogen (secondary N) is 1. The molecule has 1 unspecified atom stereocenters. The smallest absolute Gasteiger partial charge is 0.243 e. The van der Waals surface area contributed by atoms with Crippen LogP contribution in [0.5, 0.6) is 0 Å². The normalized spacial score (nSPS) is 24.3. The third-order valence-electron chi connectivity index (χ3n) is 2.90. The number of anilines is 1. The molecule has 1 atom stereocenters. The molecule has 0 spiro atoms. The van der Waals surface area contributed by atoms with E-state index in [0.29, 0.717) is 6.61 Å². The molecule has 0 saturated carbocycles. The van der Waals surface area contributed by atoms with E-state index in [2.05, 4.69) is 14.7 Å². The lowest BCUT2D eigenvalue weighted by atomic mass is 10.0. The van der Waals surface area contributed by atoms with Gasteiger partial charge < -0.3 is 10.5 Å². The number of ether oxygens (including phenoxy) is 1. The molecule has 1 aliphatic rings. The Morgan fingerprint density at radius 1 is 1.50 bits per heavy atom. The topological polar surface area (TPSA) is 107 Å². The molecule has 18 heavy (non-hydrogen) atoms. The van der Waals surface area contributed by atoms with Crippen molar-refractivity contribution in [2.24, 2.45) is 0 Å². The Kier molecular flexibility index (Phi) is 3.51. The van der Waals surface area contributed by atoms with Crippen molar-refractivity contribution in [2.75, 3.05) is 18.9 Å². The fourth-order valence-electron chi connectivity index (χ4n) is 1.77. The van der Waals surface area contributed by atoms with E-state index in [4.69, 9.17) is 10.5 Å². The summed E-state index contributed by atoms with van der Waals surface area (Å²) >= 11 is 0. The molecule has 0 radical (unpaired) electrons. The summed E-state index contributed by atoms with van der Waals surface area (Å²) in [6.07, 6.45) is 4.15. The van der Waals surface area contributed by atoms with Crippen LogP contribution in [0.15, 0.2) is 17.3 Å². The first kappa shape index (κ1) is 13.2. The van der Waals surface area contributed by atoms with Crippen LogP contribution in [0.25, 0.3) is 0 Å². The first-order valence-corrected chi connectivity index (χ1v) is 7.11. The average molecular weight is 272 g/mol. The van der Waals surface area contributed by atoms with Gasteiger partial charge in [0.15, 0.2) is 0 Å². The Morgan fingerprint density at radius 2 is 2.17 bits per heavy atom. The van der Waals surface area contributed by atoms with Crippen LogP contribution in [0, 0.1) is 0 Å². The second kappa shape index (κ2) is 4.79. The number of rotatable bonds is 4. The van der Waals surface area contributed by atoms with Gasteiger partial charge in [-0.05, 0) is 19.8 Å². The number of nitrogen functional groups attached to an aromatic ring is 1. The highest BCUT2D eigenvalue weighted by Gasteiger charge is 2.31. The van der Waals surface area contributed by atoms with Gasteiger partial charge in [0.2, 0.25) is 16.0 Å². The van der Waals surface area contributed by atoms with Crippen molar-refractivity contribution < 1.29 is 13.2 Å². The van der Waals surface area contributed by atoms with Gasteiger partial charge in [-0.25, -0.2) is 23.1 Å². The monoisotopic (exact) mass is 272 g/mol. The van der Waals surface area contributed by atoms with Crippen molar-refractivity contribution in [1.82, 2.24) is 14.7 Å². The lowest BCUT2D eigenvalue weighted by Gasteiger charge is -2.23. The maximum atomic E-state index is 12.0. The second-order valence-electron chi connectivity index (χ2n) is 4.50. The highest BCUT2D eigenvalue weighted by Crippen LogP contribution is 2.24. The molecule has 0 aliphatic carbocycles. The quantitative estimate of drug-likeness (QED) is 0.793. The molecule has 2 rings (SSSR count). The molecule has 100 valence electrons. The van der Waals surface area contributed by atoms with Gasteiger partial charge in [-0.2, -0.15) is 0 Å². The lowest BCUT2D eigenvalue weighted by Crippen LogP contribution is -2.40. The van der Waals surface area contributed by atoms with Crippen molar-refractivity contribution in [3.8, 4) is 0 Å². The number of aromatic nitrogens is 2. The molecule has 2 heterocycles. The van der Waals surface area contributed by atoms with E-state index in [0.717, 1.165) is 12.8 Å². The molecule has 1 fully saturated rings. The van der Waals surface area contributed by atoms with Gasteiger partial charge in [-0.1, -0.05) is 0 Å². The fraction of sp³-hybridized carbons (Fsp3) is 0.600. The summed E-state index contributed by atoms with van der Waals surface area (Å²) in [7, 11) is -3.61. The molecule has 0 amide bonds. The fourth-order valence-corrected chi connectivity index (χ4v) is 2.82. The standard InChI is InChI=1S/C10H16N4O3S/c1-10(3-2-4-17-10)7-14-18(15,16)8-5-12-9(11)13-6-8/h5-6,14H,2-4,7H2,1H3,(H2,11,12,13). The van der Waals surface area contributed by atoms with Crippen molar-refractivity contribution in [3.05, 3.63) is 12.4 Å². The Morgan fingerprint density at radius 3 is 2.72 bits per heavy atom. The molecule has 0 bridgehead atoms. The van der Waals surface area contributed by atoms with Crippen LogP contribution in [0.3, 0.4) is 0 Å². The summed E-state index contributed by atoms with van der Waals surface area (Å²) < 4.78 is 31.9. The van der Waals surface area contributed by atoms with E-state index < -0.39 is 15.6 Å². The Bertz CT molecular complexity index is 508. The highest BCUT2D eigenvalue weighted by atomic mass is 32.2. The molecule has 0 aromatic carbocycles. The average Bonchev–Trinajstić information content (AvgIpc) is 2.75. The minimum absolute atomic E-state index is 0.00158. The van der Waals surface area contributed by atoms with Gasteiger partial charge in [0.25, 0.3) is 0 Å². The summed E-state index contributed by atoms with van der Waals surface area (Å²) in [6, 6.07) is 0. The van der Waals surface area contributed by atoms with E-state index >= 15 is 0 Å². The van der Waals surface area contributed by atoms with Crippen LogP contribution < -0.4 is 10.5 Å². The van der Waals surface area contributed by atoms with Gasteiger partial charge >= 0.3 is 0 Å². The van der Waals surface area contributed by atoms with E-state index in [1.165, 1.54) is 12.4 Å². The molecular formula is C10H16N4O3S. The second-order valence-corrected chi connectivity index (χ2v) is 6.27. The molecule has 3 N–H and O–H groups in total. The minimum Gasteiger partial charge on any atom is -0.374 e. The lowest BCUT2D eigenvalue weighted by molar-refractivity contribution is 0.0250. The molecule has 8 heteroatoms. The predicted octanol–water partition coefficient (Wildman–Crippen LogP) is -0.0938. The van der Waals surface area contributed by atoms with Crippen LogP contribution in [-0.4, -0.2) is 37.1 Å². The molecule has 1 aliphatic heterocycles. The molecule has 7 nitrogen and oxygen atoms in total. The number of hydrogen-bond acceptors (Lipinski definition) is 6. The summed E-state index contributed by atoms with van der Waals surface area (Å²) in [5, 5.41) is 0. The van der Waals surface area contributed by atoms with Gasteiger partial charge in [0, 0.05) is 13.2 Å². The molecular weight excluding hydrogens is 256 g/mol. The third kappa shape index (κ3) is 2.95. The van der Waals surface area contributed by atoms with Crippen molar-refractivity contribution in [1.29, 1.82) is 0 Å². The maximum Gasteiger partial charge on any atom is 0.243 e. The van der Waals surface area contributed by atoms with Crippen LogP contribution in [-0.2, 0) is 14.8 Å². The Hall–Kier alpha value is -1.25. The molecule has 1 aromatic rings. The first-order valence-electron chi connectivity index (χ1n) is 5.62. The number of sulfonamides is 1. The first-order chi connectivity index (χ1) is 8.41. The molecule has 1 aromatic heterocycles. The van der Waals surface area contributed by atoms with E-state index in [1.807, 2.05) is 6.92 Å². The van der Waals surface area contributed by atoms with Crippen LogP contribution in [0.4, 0.5) is 5.95 Å². The van der Waals surface area contributed by atoms with Crippen molar-refractivity contribution >= 4 is 16.0 Å². The number of hydrogen-bond donors (Lipinski definition) is 2. The Labute approximate surface area is 106 Å². The van der Waals surface area contributed by atoms with E-state index in [-0.39, 0.29) is 17.4 Å². The maximum absolute atomic E-state index is 12.0. The summed E-state index contributed by atoms with van der Waals surface area (Å²) in [5.74, 6) is 0.0417. The molecule has 1 saturated heterocycles. The SMILES string of the molecule is CC1(CNS(=O)(=O)c2cnc(N)nc2)CCCO1. The van der Waals surface area contributed by atoms with Crippen molar-refractivity contribution in [2.45, 2.75) is 30.3 Å². The van der Waals surface area contributed by atoms with Gasteiger partial charge in [-0.3, -0.25) is 0 Å². The van der Waals surface area contributed by atoms with Crippen LogP contribution in [0.1, 0.15) is 19.8 Å². The minimum atomic E-state index is -3.61. The highest BCUT2D eigenvalue weighted by molar-refractivity contribution is 7.89. The zero-order chi connectivity index (χ0) is 13.2.